The van der Waals surface area contributed by atoms with Crippen LogP contribution in [0.5, 0.6) is 0 Å². The van der Waals surface area contributed by atoms with Crippen molar-refractivity contribution in [1.82, 2.24) is 15.2 Å². The molecule has 2 rings (SSSR count). The minimum absolute atomic E-state index is 0.435. The van der Waals surface area contributed by atoms with E-state index in [1.807, 2.05) is 14.1 Å². The smallest absolute Gasteiger partial charge is 0.0481 e. The lowest BCUT2D eigenvalue weighted by atomic mass is 10.0. The summed E-state index contributed by atoms with van der Waals surface area (Å²) in [6.07, 6.45) is 4.60. The Morgan fingerprint density at radius 1 is 1.22 bits per heavy atom. The van der Waals surface area contributed by atoms with Crippen molar-refractivity contribution < 1.29 is 0 Å². The Kier molecular flexibility index (Phi) is 4.39. The van der Waals surface area contributed by atoms with E-state index in [4.69, 9.17) is 0 Å². The molecule has 1 aromatic carbocycles. The molecule has 0 aliphatic heterocycles. The fourth-order valence-corrected chi connectivity index (χ4v) is 2.59. The second-order valence-corrected chi connectivity index (χ2v) is 4.80. The number of aryl methyl sites for hydroxylation is 1. The highest BCUT2D eigenvalue weighted by Gasteiger charge is 2.14. The highest BCUT2D eigenvalue weighted by molar-refractivity contribution is 5.84. The Morgan fingerprint density at radius 2 is 2.00 bits per heavy atom. The van der Waals surface area contributed by atoms with E-state index in [0.29, 0.717) is 6.04 Å². The quantitative estimate of drug-likeness (QED) is 0.765. The monoisotopic (exact) mass is 245 g/mol. The Labute approximate surface area is 109 Å². The van der Waals surface area contributed by atoms with E-state index in [-0.39, 0.29) is 0 Å². The molecule has 1 atom stereocenters. The summed E-state index contributed by atoms with van der Waals surface area (Å²) in [6, 6.07) is 9.05. The number of para-hydroxylation sites is 1. The first kappa shape index (κ1) is 13.1. The topological polar surface area (TPSA) is 29.0 Å². The molecule has 3 heteroatoms. The van der Waals surface area contributed by atoms with Gasteiger partial charge in [0.15, 0.2) is 0 Å². The van der Waals surface area contributed by atoms with Crippen LogP contribution >= 0.6 is 0 Å². The fourth-order valence-electron chi connectivity index (χ4n) is 2.59. The van der Waals surface area contributed by atoms with Gasteiger partial charge >= 0.3 is 0 Å². The average Bonchev–Trinajstić information content (AvgIpc) is 2.73. The maximum Gasteiger partial charge on any atom is 0.0481 e. The molecule has 0 fully saturated rings. The van der Waals surface area contributed by atoms with Crippen LogP contribution in [0.1, 0.15) is 24.4 Å². The van der Waals surface area contributed by atoms with Crippen LogP contribution in [-0.2, 0) is 7.05 Å². The van der Waals surface area contributed by atoms with Crippen LogP contribution in [0.3, 0.4) is 0 Å². The van der Waals surface area contributed by atoms with Gasteiger partial charge in [0, 0.05) is 30.2 Å². The van der Waals surface area contributed by atoms with E-state index < -0.39 is 0 Å². The van der Waals surface area contributed by atoms with Gasteiger partial charge in [0.2, 0.25) is 0 Å². The lowest BCUT2D eigenvalue weighted by Crippen LogP contribution is -2.18. The molecule has 0 radical (unpaired) electrons. The Hall–Kier alpha value is -1.32. The summed E-state index contributed by atoms with van der Waals surface area (Å²) in [6.45, 7) is 1.07. The van der Waals surface area contributed by atoms with Crippen molar-refractivity contribution in [2.45, 2.75) is 18.9 Å². The van der Waals surface area contributed by atoms with Gasteiger partial charge in [-0.2, -0.15) is 0 Å². The zero-order chi connectivity index (χ0) is 13.0. The molecule has 1 heterocycles. The molecule has 0 aliphatic carbocycles. The summed E-state index contributed by atoms with van der Waals surface area (Å²) >= 11 is 0. The van der Waals surface area contributed by atoms with Crippen LogP contribution in [0.4, 0.5) is 0 Å². The number of nitrogens with one attached hydrogen (secondary N) is 2. The number of aromatic nitrogens is 1. The standard InChI is InChI=1S/C15H23N3/c1-16-10-6-8-14(17-2)13-11-18(3)15-9-5-4-7-12(13)15/h4-5,7,9,11,14,16-17H,6,8,10H2,1-3H3. The second-order valence-electron chi connectivity index (χ2n) is 4.80. The number of benzene rings is 1. The van der Waals surface area contributed by atoms with Gasteiger partial charge in [-0.1, -0.05) is 18.2 Å². The predicted octanol–water partition coefficient (Wildman–Crippen LogP) is 2.44. The van der Waals surface area contributed by atoms with Gasteiger partial charge in [-0.3, -0.25) is 0 Å². The predicted molar refractivity (Wildman–Crippen MR) is 77.9 cm³/mol. The summed E-state index contributed by atoms with van der Waals surface area (Å²) in [4.78, 5) is 0. The third-order valence-electron chi connectivity index (χ3n) is 3.57. The van der Waals surface area contributed by atoms with Crippen LogP contribution in [0.2, 0.25) is 0 Å². The Bertz CT molecular complexity index is 501. The average molecular weight is 245 g/mol. The summed E-state index contributed by atoms with van der Waals surface area (Å²) in [7, 11) is 6.17. The van der Waals surface area contributed by atoms with E-state index in [1.165, 1.54) is 22.9 Å². The van der Waals surface area contributed by atoms with Gasteiger partial charge in [-0.25, -0.2) is 0 Å². The summed E-state index contributed by atoms with van der Waals surface area (Å²) < 4.78 is 2.22. The molecule has 18 heavy (non-hydrogen) atoms. The van der Waals surface area contributed by atoms with Crippen molar-refractivity contribution in [2.24, 2.45) is 7.05 Å². The van der Waals surface area contributed by atoms with Gasteiger partial charge in [0.25, 0.3) is 0 Å². The van der Waals surface area contributed by atoms with Crippen molar-refractivity contribution in [3.05, 3.63) is 36.0 Å². The number of fused-ring (bicyclic) bond motifs is 1. The largest absolute Gasteiger partial charge is 0.350 e. The summed E-state index contributed by atoms with van der Waals surface area (Å²) in [5.41, 5.74) is 2.72. The van der Waals surface area contributed by atoms with Gasteiger partial charge in [-0.05, 0) is 45.1 Å². The number of nitrogens with zero attached hydrogens (tertiary/aromatic N) is 1. The fraction of sp³-hybridized carbons (Fsp3) is 0.467. The van der Waals surface area contributed by atoms with E-state index in [9.17, 15) is 0 Å². The summed E-state index contributed by atoms with van der Waals surface area (Å²) in [5.74, 6) is 0. The Balaban J connectivity index is 2.27. The third kappa shape index (κ3) is 2.57. The van der Waals surface area contributed by atoms with E-state index >= 15 is 0 Å². The molecular weight excluding hydrogens is 222 g/mol. The van der Waals surface area contributed by atoms with Crippen molar-refractivity contribution in [3.8, 4) is 0 Å². The molecule has 2 N–H and O–H groups in total. The molecule has 0 saturated heterocycles. The maximum absolute atomic E-state index is 3.44. The van der Waals surface area contributed by atoms with Crippen molar-refractivity contribution in [2.75, 3.05) is 20.6 Å². The third-order valence-corrected chi connectivity index (χ3v) is 3.57. The number of hydrogen-bond donors (Lipinski definition) is 2. The highest BCUT2D eigenvalue weighted by atomic mass is 14.9. The van der Waals surface area contributed by atoms with Crippen LogP contribution in [-0.4, -0.2) is 25.2 Å². The molecule has 0 spiro atoms. The van der Waals surface area contributed by atoms with Crippen LogP contribution < -0.4 is 10.6 Å². The SMILES string of the molecule is CNCCCC(NC)c1cn(C)c2ccccc12. The van der Waals surface area contributed by atoms with Crippen LogP contribution in [0.15, 0.2) is 30.5 Å². The second kappa shape index (κ2) is 6.03. The molecular formula is C15H23N3. The van der Waals surface area contributed by atoms with Crippen molar-refractivity contribution >= 4 is 10.9 Å². The van der Waals surface area contributed by atoms with Crippen molar-refractivity contribution in [1.29, 1.82) is 0 Å². The minimum atomic E-state index is 0.435. The molecule has 0 amide bonds. The molecule has 1 aromatic heterocycles. The first-order chi connectivity index (χ1) is 8.77. The summed E-state index contributed by atoms with van der Waals surface area (Å²) in [5, 5.41) is 8.01. The van der Waals surface area contributed by atoms with E-state index in [0.717, 1.165) is 13.0 Å². The molecule has 0 bridgehead atoms. The molecule has 3 nitrogen and oxygen atoms in total. The van der Waals surface area contributed by atoms with E-state index in [2.05, 4.69) is 52.7 Å². The van der Waals surface area contributed by atoms with Gasteiger partial charge in [-0.15, -0.1) is 0 Å². The van der Waals surface area contributed by atoms with Crippen LogP contribution in [0.25, 0.3) is 10.9 Å². The van der Waals surface area contributed by atoms with Crippen molar-refractivity contribution in [3.63, 3.8) is 0 Å². The van der Waals surface area contributed by atoms with Gasteiger partial charge in [0.05, 0.1) is 0 Å². The molecule has 1 unspecified atom stereocenters. The number of hydrogen-bond acceptors (Lipinski definition) is 2. The first-order valence-electron chi connectivity index (χ1n) is 6.63. The lowest BCUT2D eigenvalue weighted by molar-refractivity contribution is 0.520. The van der Waals surface area contributed by atoms with E-state index in [1.54, 1.807) is 0 Å². The maximum atomic E-state index is 3.44. The molecule has 0 saturated carbocycles. The first-order valence-corrected chi connectivity index (χ1v) is 6.63. The van der Waals surface area contributed by atoms with Gasteiger partial charge in [0.1, 0.15) is 0 Å². The zero-order valence-corrected chi connectivity index (χ0v) is 11.5. The molecule has 2 aromatic rings. The molecule has 98 valence electrons. The van der Waals surface area contributed by atoms with Crippen LogP contribution in [0, 0.1) is 0 Å². The number of rotatable bonds is 6. The normalized spacial score (nSPS) is 13.1. The zero-order valence-electron chi connectivity index (χ0n) is 11.5. The minimum Gasteiger partial charge on any atom is -0.350 e. The lowest BCUT2D eigenvalue weighted by Gasteiger charge is -2.15. The molecule has 0 aliphatic rings. The highest BCUT2D eigenvalue weighted by Crippen LogP contribution is 2.28. The Morgan fingerprint density at radius 3 is 2.72 bits per heavy atom. The van der Waals surface area contributed by atoms with Gasteiger partial charge < -0.3 is 15.2 Å².